The number of fused-ring (bicyclic) bond motifs is 1. The SMILES string of the molecule is C[C@@H]1Cc2c(Br)ccc(O)c2C(=O)O1. The van der Waals surface area contributed by atoms with Gasteiger partial charge in [0, 0.05) is 10.9 Å². The van der Waals surface area contributed by atoms with Crippen LogP contribution in [0.25, 0.3) is 0 Å². The van der Waals surface area contributed by atoms with Gasteiger partial charge in [-0.1, -0.05) is 15.9 Å². The molecule has 1 N–H and O–H groups in total. The van der Waals surface area contributed by atoms with Crippen LogP contribution in [0.2, 0.25) is 0 Å². The van der Waals surface area contributed by atoms with Gasteiger partial charge in [-0.15, -0.1) is 0 Å². The molecule has 1 atom stereocenters. The Balaban J connectivity index is 2.63. The maximum absolute atomic E-state index is 11.5. The topological polar surface area (TPSA) is 46.5 Å². The third-order valence-corrected chi connectivity index (χ3v) is 2.98. The zero-order chi connectivity index (χ0) is 10.3. The monoisotopic (exact) mass is 256 g/mol. The van der Waals surface area contributed by atoms with E-state index in [0.717, 1.165) is 10.0 Å². The standard InChI is InChI=1S/C10H9BrO3/c1-5-4-6-7(11)2-3-8(12)9(6)10(13)14-5/h2-3,5,12H,4H2,1H3/t5-/m1/s1. The summed E-state index contributed by atoms with van der Waals surface area (Å²) in [5.41, 5.74) is 1.12. The number of carbonyl (C=O) groups excluding carboxylic acids is 1. The highest BCUT2D eigenvalue weighted by atomic mass is 79.9. The highest BCUT2D eigenvalue weighted by Gasteiger charge is 2.28. The molecule has 1 heterocycles. The van der Waals surface area contributed by atoms with Gasteiger partial charge in [0.1, 0.15) is 17.4 Å². The van der Waals surface area contributed by atoms with E-state index in [2.05, 4.69) is 15.9 Å². The molecule has 0 unspecified atom stereocenters. The Bertz CT molecular complexity index is 401. The summed E-state index contributed by atoms with van der Waals surface area (Å²) >= 11 is 3.35. The van der Waals surface area contributed by atoms with E-state index in [4.69, 9.17) is 4.74 Å². The first-order valence-electron chi connectivity index (χ1n) is 4.31. The molecule has 0 aromatic heterocycles. The van der Waals surface area contributed by atoms with E-state index < -0.39 is 5.97 Å². The molecule has 2 rings (SSSR count). The fraction of sp³-hybridized carbons (Fsp3) is 0.300. The van der Waals surface area contributed by atoms with Crippen LogP contribution in [0.15, 0.2) is 16.6 Å². The average molecular weight is 257 g/mol. The first-order valence-corrected chi connectivity index (χ1v) is 5.10. The van der Waals surface area contributed by atoms with Crippen LogP contribution in [0.4, 0.5) is 0 Å². The van der Waals surface area contributed by atoms with Crippen LogP contribution in [-0.2, 0) is 11.2 Å². The Morgan fingerprint density at radius 2 is 2.29 bits per heavy atom. The highest BCUT2D eigenvalue weighted by molar-refractivity contribution is 9.10. The van der Waals surface area contributed by atoms with Gasteiger partial charge >= 0.3 is 5.97 Å². The van der Waals surface area contributed by atoms with Crippen molar-refractivity contribution < 1.29 is 14.6 Å². The predicted octanol–water partition coefficient (Wildman–Crippen LogP) is 2.26. The van der Waals surface area contributed by atoms with Gasteiger partial charge in [-0.3, -0.25) is 0 Å². The number of halogens is 1. The summed E-state index contributed by atoms with van der Waals surface area (Å²) < 4.78 is 5.87. The van der Waals surface area contributed by atoms with E-state index in [-0.39, 0.29) is 17.4 Å². The Kier molecular flexibility index (Phi) is 2.23. The molecule has 1 aromatic carbocycles. The Morgan fingerprint density at radius 3 is 3.00 bits per heavy atom. The van der Waals surface area contributed by atoms with Gasteiger partial charge in [0.2, 0.25) is 0 Å². The number of hydrogen-bond acceptors (Lipinski definition) is 3. The van der Waals surface area contributed by atoms with Gasteiger partial charge in [-0.25, -0.2) is 4.79 Å². The van der Waals surface area contributed by atoms with Crippen LogP contribution in [0.1, 0.15) is 22.8 Å². The summed E-state index contributed by atoms with van der Waals surface area (Å²) in [6.45, 7) is 1.83. The van der Waals surface area contributed by atoms with E-state index >= 15 is 0 Å². The molecule has 0 bridgehead atoms. The molecule has 0 saturated carbocycles. The maximum atomic E-state index is 11.5. The zero-order valence-electron chi connectivity index (χ0n) is 7.58. The molecule has 0 radical (unpaired) electrons. The van der Waals surface area contributed by atoms with Gasteiger partial charge < -0.3 is 9.84 Å². The molecule has 74 valence electrons. The number of aromatic hydroxyl groups is 1. The second kappa shape index (κ2) is 3.28. The van der Waals surface area contributed by atoms with Gasteiger partial charge in [0.15, 0.2) is 0 Å². The van der Waals surface area contributed by atoms with E-state index in [1.54, 1.807) is 6.07 Å². The van der Waals surface area contributed by atoms with Crippen LogP contribution < -0.4 is 0 Å². The average Bonchev–Trinajstić information content (AvgIpc) is 2.10. The number of ether oxygens (including phenoxy) is 1. The molecule has 4 heteroatoms. The molecular formula is C10H9BrO3. The van der Waals surface area contributed by atoms with Crippen molar-refractivity contribution in [3.05, 3.63) is 27.7 Å². The molecule has 1 aliphatic rings. The summed E-state index contributed by atoms with van der Waals surface area (Å²) in [6.07, 6.45) is 0.504. The van der Waals surface area contributed by atoms with Crippen LogP contribution in [0.3, 0.4) is 0 Å². The largest absolute Gasteiger partial charge is 0.507 e. The third-order valence-electron chi connectivity index (χ3n) is 2.24. The lowest BCUT2D eigenvalue weighted by molar-refractivity contribution is 0.0296. The van der Waals surface area contributed by atoms with Gasteiger partial charge in [-0.05, 0) is 24.6 Å². The molecule has 0 aliphatic carbocycles. The number of esters is 1. The smallest absolute Gasteiger partial charge is 0.342 e. The van der Waals surface area contributed by atoms with Crippen molar-refractivity contribution in [2.45, 2.75) is 19.4 Å². The Hall–Kier alpha value is -1.03. The molecule has 0 saturated heterocycles. The van der Waals surface area contributed by atoms with Crippen molar-refractivity contribution in [3.63, 3.8) is 0 Å². The minimum absolute atomic E-state index is 0.0138. The number of hydrogen-bond donors (Lipinski definition) is 1. The number of rotatable bonds is 0. The molecule has 0 spiro atoms. The van der Waals surface area contributed by atoms with Crippen molar-refractivity contribution >= 4 is 21.9 Å². The lowest BCUT2D eigenvalue weighted by Crippen LogP contribution is -2.25. The van der Waals surface area contributed by atoms with Crippen molar-refractivity contribution in [3.8, 4) is 5.75 Å². The van der Waals surface area contributed by atoms with Gasteiger partial charge in [-0.2, -0.15) is 0 Å². The van der Waals surface area contributed by atoms with Crippen molar-refractivity contribution in [2.24, 2.45) is 0 Å². The third kappa shape index (κ3) is 1.39. The quantitative estimate of drug-likeness (QED) is 0.725. The van der Waals surface area contributed by atoms with E-state index in [1.807, 2.05) is 6.92 Å². The minimum atomic E-state index is -0.447. The minimum Gasteiger partial charge on any atom is -0.507 e. The first kappa shape index (κ1) is 9.52. The number of carbonyl (C=O) groups is 1. The fourth-order valence-electron chi connectivity index (χ4n) is 1.61. The Morgan fingerprint density at radius 1 is 1.57 bits per heavy atom. The van der Waals surface area contributed by atoms with Crippen molar-refractivity contribution in [2.75, 3.05) is 0 Å². The molecule has 1 aromatic rings. The van der Waals surface area contributed by atoms with Gasteiger partial charge in [0.05, 0.1) is 0 Å². The van der Waals surface area contributed by atoms with E-state index in [0.29, 0.717) is 6.42 Å². The van der Waals surface area contributed by atoms with Gasteiger partial charge in [0.25, 0.3) is 0 Å². The first-order chi connectivity index (χ1) is 6.59. The summed E-state index contributed by atoms with van der Waals surface area (Å²) in [6, 6.07) is 3.22. The molecule has 3 nitrogen and oxygen atoms in total. The molecule has 14 heavy (non-hydrogen) atoms. The van der Waals surface area contributed by atoms with Crippen LogP contribution >= 0.6 is 15.9 Å². The lowest BCUT2D eigenvalue weighted by Gasteiger charge is -2.23. The summed E-state index contributed by atoms with van der Waals surface area (Å²) in [7, 11) is 0. The second-order valence-electron chi connectivity index (χ2n) is 3.34. The second-order valence-corrected chi connectivity index (χ2v) is 4.19. The maximum Gasteiger partial charge on any atom is 0.342 e. The number of benzene rings is 1. The van der Waals surface area contributed by atoms with Crippen LogP contribution in [0, 0.1) is 0 Å². The molecule has 0 fully saturated rings. The number of cyclic esters (lactones) is 1. The number of phenolic OH excluding ortho intramolecular Hbond substituents is 1. The van der Waals surface area contributed by atoms with Crippen LogP contribution in [-0.4, -0.2) is 17.2 Å². The van der Waals surface area contributed by atoms with Crippen LogP contribution in [0.5, 0.6) is 5.75 Å². The highest BCUT2D eigenvalue weighted by Crippen LogP contribution is 2.33. The normalized spacial score (nSPS) is 20.1. The Labute approximate surface area is 89.8 Å². The number of phenols is 1. The van der Waals surface area contributed by atoms with Crippen molar-refractivity contribution in [1.82, 2.24) is 0 Å². The van der Waals surface area contributed by atoms with E-state index in [9.17, 15) is 9.90 Å². The molecular weight excluding hydrogens is 248 g/mol. The van der Waals surface area contributed by atoms with E-state index in [1.165, 1.54) is 6.07 Å². The molecule has 0 amide bonds. The van der Waals surface area contributed by atoms with Crippen molar-refractivity contribution in [1.29, 1.82) is 0 Å². The lowest BCUT2D eigenvalue weighted by atomic mass is 9.98. The summed E-state index contributed by atoms with van der Waals surface area (Å²) in [4.78, 5) is 11.5. The fourth-order valence-corrected chi connectivity index (χ4v) is 2.10. The summed E-state index contributed by atoms with van der Waals surface area (Å²) in [5.74, 6) is -0.461. The summed E-state index contributed by atoms with van der Waals surface area (Å²) in [5, 5.41) is 9.52. The molecule has 1 aliphatic heterocycles. The zero-order valence-corrected chi connectivity index (χ0v) is 9.17. The predicted molar refractivity (Wildman–Crippen MR) is 54.4 cm³/mol.